The van der Waals surface area contributed by atoms with E-state index in [-0.39, 0.29) is 33.7 Å². The second-order valence-corrected chi connectivity index (χ2v) is 6.21. The molecule has 27 heavy (non-hydrogen) atoms. The fraction of sp³-hybridized carbons (Fsp3) is 0.167. The van der Waals surface area contributed by atoms with E-state index in [1.807, 2.05) is 6.92 Å². The maximum Gasteiger partial charge on any atom is 0.417 e. The molecule has 0 aliphatic rings. The number of nitrogens with two attached hydrogens (primary N) is 1. The van der Waals surface area contributed by atoms with Crippen LogP contribution in [-0.2, 0) is 6.18 Å². The van der Waals surface area contributed by atoms with E-state index in [4.69, 9.17) is 10.3 Å². The minimum absolute atomic E-state index is 0.0611. The first kappa shape index (κ1) is 17.1. The van der Waals surface area contributed by atoms with Crippen molar-refractivity contribution in [2.45, 2.75) is 20.0 Å². The summed E-state index contributed by atoms with van der Waals surface area (Å²) < 4.78 is 47.3. The van der Waals surface area contributed by atoms with Gasteiger partial charge in [0.25, 0.3) is 0 Å². The second kappa shape index (κ2) is 5.57. The predicted molar refractivity (Wildman–Crippen MR) is 93.6 cm³/mol. The molecule has 0 saturated carbocycles. The van der Waals surface area contributed by atoms with E-state index in [0.717, 1.165) is 16.3 Å². The zero-order valence-corrected chi connectivity index (χ0v) is 14.3. The van der Waals surface area contributed by atoms with Gasteiger partial charge in [-0.2, -0.15) is 13.2 Å². The highest BCUT2D eigenvalue weighted by atomic mass is 19.4. The number of benzene rings is 1. The van der Waals surface area contributed by atoms with Crippen LogP contribution in [0.5, 0.6) is 0 Å². The lowest BCUT2D eigenvalue weighted by atomic mass is 10.0. The first-order valence-electron chi connectivity index (χ1n) is 7.93. The van der Waals surface area contributed by atoms with Crippen molar-refractivity contribution >= 4 is 22.2 Å². The Labute approximate surface area is 150 Å². The molecule has 0 atom stereocenters. The minimum atomic E-state index is -4.69. The molecular weight excluding hydrogens is 361 g/mol. The molecular formula is C18H13F3N4O2. The fourth-order valence-electron chi connectivity index (χ4n) is 2.90. The van der Waals surface area contributed by atoms with Crippen LogP contribution in [-0.4, -0.2) is 14.6 Å². The standard InChI is InChI=1S/C18H13F3N4O2/c1-8-3-5-10(6-4-8)12-7-11(18(19,20)21)13-14-15(27-16(13)24-12)17(26)25(22)9(2)23-14/h3-7H,22H2,1-2H3. The lowest BCUT2D eigenvalue weighted by Crippen LogP contribution is -2.29. The highest BCUT2D eigenvalue weighted by Gasteiger charge is 2.36. The van der Waals surface area contributed by atoms with Crippen molar-refractivity contribution in [1.82, 2.24) is 14.6 Å². The van der Waals surface area contributed by atoms with Crippen LogP contribution in [0.25, 0.3) is 33.5 Å². The molecule has 0 aliphatic heterocycles. The maximum atomic E-state index is 13.8. The molecule has 0 aliphatic carbocycles. The van der Waals surface area contributed by atoms with Gasteiger partial charge in [-0.25, -0.2) is 14.6 Å². The van der Waals surface area contributed by atoms with E-state index in [0.29, 0.717) is 5.56 Å². The Hall–Kier alpha value is -3.36. The summed E-state index contributed by atoms with van der Waals surface area (Å²) in [6.45, 7) is 3.29. The molecule has 0 bridgehead atoms. The van der Waals surface area contributed by atoms with Crippen LogP contribution < -0.4 is 11.4 Å². The van der Waals surface area contributed by atoms with E-state index >= 15 is 0 Å². The smallest absolute Gasteiger partial charge is 0.417 e. The Morgan fingerprint density at radius 3 is 2.41 bits per heavy atom. The van der Waals surface area contributed by atoms with Crippen LogP contribution in [0.3, 0.4) is 0 Å². The highest BCUT2D eigenvalue weighted by Crippen LogP contribution is 2.40. The number of hydrogen-bond acceptors (Lipinski definition) is 5. The van der Waals surface area contributed by atoms with Crippen LogP contribution in [0.15, 0.2) is 39.5 Å². The van der Waals surface area contributed by atoms with Gasteiger partial charge in [0.2, 0.25) is 11.3 Å². The molecule has 4 rings (SSSR count). The van der Waals surface area contributed by atoms with Crippen molar-refractivity contribution in [3.63, 3.8) is 0 Å². The average Bonchev–Trinajstić information content (AvgIpc) is 2.97. The topological polar surface area (TPSA) is 86.9 Å². The Bertz CT molecular complexity index is 1250. The molecule has 6 nitrogen and oxygen atoms in total. The van der Waals surface area contributed by atoms with E-state index < -0.39 is 17.3 Å². The largest absolute Gasteiger partial charge is 0.430 e. The van der Waals surface area contributed by atoms with Crippen LogP contribution >= 0.6 is 0 Å². The number of nitrogens with zero attached hydrogens (tertiary/aromatic N) is 3. The molecule has 0 fully saturated rings. The lowest BCUT2D eigenvalue weighted by molar-refractivity contribution is -0.136. The SMILES string of the molecule is Cc1ccc(-c2cc(C(F)(F)F)c3c(n2)oc2c(=O)n(N)c(C)nc23)cc1. The summed E-state index contributed by atoms with van der Waals surface area (Å²) in [5.41, 5.74) is -1.09. The summed E-state index contributed by atoms with van der Waals surface area (Å²) in [6, 6.07) is 7.81. The second-order valence-electron chi connectivity index (χ2n) is 6.21. The number of aromatic nitrogens is 3. The zero-order chi connectivity index (χ0) is 19.5. The molecule has 138 valence electrons. The molecule has 0 radical (unpaired) electrons. The van der Waals surface area contributed by atoms with Crippen LogP contribution in [0, 0.1) is 13.8 Å². The molecule has 1 aromatic carbocycles. The number of nitrogen functional groups attached to an aromatic ring is 1. The molecule has 0 saturated heterocycles. The summed E-state index contributed by atoms with van der Waals surface area (Å²) in [4.78, 5) is 20.5. The minimum Gasteiger partial charge on any atom is -0.430 e. The molecule has 0 unspecified atom stereocenters. The van der Waals surface area contributed by atoms with Gasteiger partial charge in [0.15, 0.2) is 0 Å². The van der Waals surface area contributed by atoms with Gasteiger partial charge in [-0.1, -0.05) is 29.8 Å². The average molecular weight is 374 g/mol. The normalized spacial score (nSPS) is 12.2. The van der Waals surface area contributed by atoms with Crippen LogP contribution in [0.2, 0.25) is 0 Å². The number of pyridine rings is 1. The lowest BCUT2D eigenvalue weighted by Gasteiger charge is -2.10. The Balaban J connectivity index is 2.14. The summed E-state index contributed by atoms with van der Waals surface area (Å²) >= 11 is 0. The van der Waals surface area contributed by atoms with Gasteiger partial charge in [0, 0.05) is 5.56 Å². The first-order chi connectivity index (χ1) is 12.7. The first-order valence-corrected chi connectivity index (χ1v) is 7.93. The van der Waals surface area contributed by atoms with E-state index in [1.165, 1.54) is 6.92 Å². The van der Waals surface area contributed by atoms with E-state index in [9.17, 15) is 18.0 Å². The van der Waals surface area contributed by atoms with Gasteiger partial charge in [0.05, 0.1) is 16.6 Å². The van der Waals surface area contributed by atoms with Gasteiger partial charge in [0.1, 0.15) is 11.3 Å². The van der Waals surface area contributed by atoms with E-state index in [2.05, 4.69) is 9.97 Å². The van der Waals surface area contributed by atoms with Crippen molar-refractivity contribution in [3.8, 4) is 11.3 Å². The van der Waals surface area contributed by atoms with Crippen molar-refractivity contribution < 1.29 is 17.6 Å². The third kappa shape index (κ3) is 2.62. The molecule has 4 aromatic rings. The summed E-state index contributed by atoms with van der Waals surface area (Å²) in [6.07, 6.45) is -4.69. The number of aryl methyl sites for hydroxylation is 2. The number of furan rings is 1. The number of halogens is 3. The molecule has 3 aromatic heterocycles. The van der Waals surface area contributed by atoms with Crippen LogP contribution in [0.1, 0.15) is 17.0 Å². The maximum absolute atomic E-state index is 13.8. The van der Waals surface area contributed by atoms with Gasteiger partial charge in [-0.3, -0.25) is 4.79 Å². The third-order valence-electron chi connectivity index (χ3n) is 4.32. The third-order valence-corrected chi connectivity index (χ3v) is 4.32. The number of alkyl halides is 3. The van der Waals surface area contributed by atoms with Gasteiger partial charge >= 0.3 is 11.7 Å². The predicted octanol–water partition coefficient (Wildman–Crippen LogP) is 3.55. The Morgan fingerprint density at radius 2 is 1.78 bits per heavy atom. The fourth-order valence-corrected chi connectivity index (χ4v) is 2.90. The Morgan fingerprint density at radius 1 is 1.11 bits per heavy atom. The summed E-state index contributed by atoms with van der Waals surface area (Å²) in [7, 11) is 0. The quantitative estimate of drug-likeness (QED) is 0.515. The number of hydrogen-bond donors (Lipinski definition) is 1. The number of fused-ring (bicyclic) bond motifs is 3. The van der Waals surface area contributed by atoms with Crippen LogP contribution in [0.4, 0.5) is 13.2 Å². The van der Waals surface area contributed by atoms with Crippen molar-refractivity contribution in [2.75, 3.05) is 5.84 Å². The van der Waals surface area contributed by atoms with Crippen molar-refractivity contribution in [3.05, 3.63) is 57.6 Å². The van der Waals surface area contributed by atoms with E-state index in [1.54, 1.807) is 24.3 Å². The van der Waals surface area contributed by atoms with Crippen molar-refractivity contribution in [1.29, 1.82) is 0 Å². The molecule has 0 spiro atoms. The summed E-state index contributed by atoms with van der Waals surface area (Å²) in [5.74, 6) is 5.63. The van der Waals surface area contributed by atoms with Gasteiger partial charge in [-0.05, 0) is 19.9 Å². The molecule has 2 N–H and O–H groups in total. The van der Waals surface area contributed by atoms with Gasteiger partial charge < -0.3 is 10.3 Å². The zero-order valence-electron chi connectivity index (χ0n) is 14.3. The Kier molecular flexibility index (Phi) is 3.52. The molecule has 9 heteroatoms. The van der Waals surface area contributed by atoms with Crippen molar-refractivity contribution in [2.24, 2.45) is 0 Å². The molecule has 0 amide bonds. The monoisotopic (exact) mass is 374 g/mol. The molecule has 3 heterocycles. The highest BCUT2D eigenvalue weighted by molar-refractivity contribution is 6.03. The summed E-state index contributed by atoms with van der Waals surface area (Å²) in [5, 5.41) is -0.353. The number of rotatable bonds is 1. The van der Waals surface area contributed by atoms with Gasteiger partial charge in [-0.15, -0.1) is 0 Å².